The molecule has 2 rings (SSSR count). The number of hydrogen-bond donors (Lipinski definition) is 1. The summed E-state index contributed by atoms with van der Waals surface area (Å²) in [6.07, 6.45) is 0. The van der Waals surface area contributed by atoms with Crippen LogP contribution >= 0.6 is 0 Å². The number of carbonyl (C=O) groups is 1. The van der Waals surface area contributed by atoms with Crippen LogP contribution in [-0.4, -0.2) is 21.5 Å². The van der Waals surface area contributed by atoms with Crippen LogP contribution in [0.15, 0.2) is 41.3 Å². The van der Waals surface area contributed by atoms with Crippen LogP contribution in [0.25, 0.3) is 0 Å². The summed E-state index contributed by atoms with van der Waals surface area (Å²) in [5.41, 5.74) is 3.67. The number of sulfonamides is 1. The van der Waals surface area contributed by atoms with E-state index in [2.05, 4.69) is 9.46 Å². The maximum Gasteiger partial charge on any atom is 0.337 e. The summed E-state index contributed by atoms with van der Waals surface area (Å²) in [6, 6.07) is 9.46. The van der Waals surface area contributed by atoms with E-state index in [0.717, 1.165) is 16.7 Å². The van der Waals surface area contributed by atoms with E-state index in [4.69, 9.17) is 0 Å². The predicted molar refractivity (Wildman–Crippen MR) is 89.2 cm³/mol. The molecule has 0 aromatic heterocycles. The van der Waals surface area contributed by atoms with Crippen LogP contribution in [-0.2, 0) is 14.8 Å². The third kappa shape index (κ3) is 3.71. The summed E-state index contributed by atoms with van der Waals surface area (Å²) in [4.78, 5) is 11.5. The van der Waals surface area contributed by atoms with Crippen molar-refractivity contribution in [3.63, 3.8) is 0 Å². The molecule has 0 aliphatic carbocycles. The van der Waals surface area contributed by atoms with Crippen molar-refractivity contribution < 1.29 is 17.9 Å². The molecule has 0 aliphatic heterocycles. The highest BCUT2D eigenvalue weighted by Gasteiger charge is 2.17. The van der Waals surface area contributed by atoms with E-state index in [1.54, 1.807) is 0 Å². The van der Waals surface area contributed by atoms with Crippen molar-refractivity contribution >= 4 is 21.7 Å². The van der Waals surface area contributed by atoms with E-state index in [9.17, 15) is 13.2 Å². The molecule has 0 radical (unpaired) electrons. The minimum atomic E-state index is -3.72. The molecular formula is C17H19NO4S. The second-order valence-electron chi connectivity index (χ2n) is 5.40. The summed E-state index contributed by atoms with van der Waals surface area (Å²) in [5, 5.41) is 0. The van der Waals surface area contributed by atoms with E-state index in [1.807, 2.05) is 32.9 Å². The van der Waals surface area contributed by atoms with Gasteiger partial charge in [-0.15, -0.1) is 0 Å². The summed E-state index contributed by atoms with van der Waals surface area (Å²) in [7, 11) is -2.45. The Morgan fingerprint density at radius 3 is 2.00 bits per heavy atom. The quantitative estimate of drug-likeness (QED) is 0.872. The first kappa shape index (κ1) is 17.0. The molecule has 0 amide bonds. The lowest BCUT2D eigenvalue weighted by molar-refractivity contribution is 0.0600. The van der Waals surface area contributed by atoms with Gasteiger partial charge in [0.1, 0.15) is 0 Å². The zero-order valence-electron chi connectivity index (χ0n) is 13.5. The molecule has 2 aromatic rings. The Hall–Kier alpha value is -2.34. The van der Waals surface area contributed by atoms with Crippen LogP contribution in [0.4, 0.5) is 5.69 Å². The van der Waals surface area contributed by atoms with E-state index in [-0.39, 0.29) is 4.90 Å². The maximum atomic E-state index is 12.5. The molecule has 0 saturated heterocycles. The number of anilines is 1. The van der Waals surface area contributed by atoms with Gasteiger partial charge in [-0.2, -0.15) is 0 Å². The normalized spacial score (nSPS) is 11.1. The second-order valence-corrected chi connectivity index (χ2v) is 7.08. The van der Waals surface area contributed by atoms with E-state index >= 15 is 0 Å². The van der Waals surface area contributed by atoms with E-state index in [1.165, 1.54) is 31.4 Å². The zero-order valence-corrected chi connectivity index (χ0v) is 14.3. The van der Waals surface area contributed by atoms with Gasteiger partial charge in [-0.05, 0) is 56.2 Å². The summed E-state index contributed by atoms with van der Waals surface area (Å²) < 4.78 is 32.2. The van der Waals surface area contributed by atoms with Gasteiger partial charge >= 0.3 is 5.97 Å². The van der Waals surface area contributed by atoms with E-state index < -0.39 is 16.0 Å². The molecule has 0 spiro atoms. The molecule has 6 heteroatoms. The molecule has 122 valence electrons. The van der Waals surface area contributed by atoms with Crippen LogP contribution in [0.2, 0.25) is 0 Å². The van der Waals surface area contributed by atoms with Gasteiger partial charge in [-0.25, -0.2) is 13.2 Å². The fourth-order valence-corrected chi connectivity index (χ4v) is 3.63. The smallest absolute Gasteiger partial charge is 0.337 e. The van der Waals surface area contributed by atoms with Gasteiger partial charge in [0.2, 0.25) is 0 Å². The van der Waals surface area contributed by atoms with Crippen molar-refractivity contribution in [1.29, 1.82) is 0 Å². The summed E-state index contributed by atoms with van der Waals surface area (Å²) in [6.45, 7) is 5.68. The molecular weight excluding hydrogens is 314 g/mol. The van der Waals surface area contributed by atoms with Crippen molar-refractivity contribution in [2.75, 3.05) is 11.8 Å². The first-order valence-corrected chi connectivity index (χ1v) is 8.52. The Morgan fingerprint density at radius 2 is 1.52 bits per heavy atom. The largest absolute Gasteiger partial charge is 0.465 e. The van der Waals surface area contributed by atoms with Gasteiger partial charge in [0.15, 0.2) is 0 Å². The highest BCUT2D eigenvalue weighted by Crippen LogP contribution is 2.25. The molecule has 0 atom stereocenters. The minimum Gasteiger partial charge on any atom is -0.465 e. The van der Waals surface area contributed by atoms with Gasteiger partial charge in [-0.1, -0.05) is 17.7 Å². The average molecular weight is 333 g/mol. The highest BCUT2D eigenvalue weighted by atomic mass is 32.2. The number of nitrogens with one attached hydrogen (secondary N) is 1. The highest BCUT2D eigenvalue weighted by molar-refractivity contribution is 7.92. The first-order valence-electron chi connectivity index (χ1n) is 7.03. The van der Waals surface area contributed by atoms with E-state index in [0.29, 0.717) is 11.3 Å². The maximum absolute atomic E-state index is 12.5. The zero-order chi connectivity index (χ0) is 17.2. The molecule has 23 heavy (non-hydrogen) atoms. The molecule has 0 heterocycles. The van der Waals surface area contributed by atoms with Crippen molar-refractivity contribution in [2.24, 2.45) is 0 Å². The number of rotatable bonds is 4. The third-order valence-corrected chi connectivity index (χ3v) is 4.86. The lowest BCUT2D eigenvalue weighted by Gasteiger charge is -2.14. The number of hydrogen-bond acceptors (Lipinski definition) is 4. The molecule has 5 nitrogen and oxygen atoms in total. The standard InChI is InChI=1S/C17H19NO4S/c1-11-9-12(2)16(13(3)10-11)18-23(20,21)15-7-5-14(6-8-15)17(19)22-4/h5-10,18H,1-4H3. The number of methoxy groups -OCH3 is 1. The van der Waals surface area contributed by atoms with Gasteiger partial charge in [0, 0.05) is 0 Å². The summed E-state index contributed by atoms with van der Waals surface area (Å²) in [5.74, 6) is -0.507. The molecule has 0 aliphatic rings. The first-order chi connectivity index (χ1) is 10.7. The number of carbonyl (C=O) groups excluding carboxylic acids is 1. The monoisotopic (exact) mass is 333 g/mol. The van der Waals surface area contributed by atoms with Crippen molar-refractivity contribution in [3.8, 4) is 0 Å². The number of esters is 1. The van der Waals surface area contributed by atoms with Crippen molar-refractivity contribution in [2.45, 2.75) is 25.7 Å². The van der Waals surface area contributed by atoms with Crippen LogP contribution in [0.5, 0.6) is 0 Å². The van der Waals surface area contributed by atoms with Crippen LogP contribution in [0, 0.1) is 20.8 Å². The van der Waals surface area contributed by atoms with Gasteiger partial charge in [-0.3, -0.25) is 4.72 Å². The number of benzene rings is 2. The van der Waals surface area contributed by atoms with Crippen molar-refractivity contribution in [3.05, 3.63) is 58.7 Å². The third-order valence-electron chi connectivity index (χ3n) is 3.50. The van der Waals surface area contributed by atoms with Crippen LogP contribution in [0.1, 0.15) is 27.0 Å². The van der Waals surface area contributed by atoms with Gasteiger partial charge < -0.3 is 4.74 Å². The second kappa shape index (κ2) is 6.42. The minimum absolute atomic E-state index is 0.0875. The number of aryl methyl sites for hydroxylation is 3. The lowest BCUT2D eigenvalue weighted by Crippen LogP contribution is -2.15. The molecule has 0 bridgehead atoms. The molecule has 0 fully saturated rings. The lowest BCUT2D eigenvalue weighted by atomic mass is 10.1. The number of ether oxygens (including phenoxy) is 1. The Labute approximate surface area is 136 Å². The topological polar surface area (TPSA) is 72.5 Å². The molecule has 1 N–H and O–H groups in total. The molecule has 0 saturated carbocycles. The Bertz CT molecular complexity index is 816. The molecule has 2 aromatic carbocycles. The van der Waals surface area contributed by atoms with Crippen LogP contribution in [0.3, 0.4) is 0 Å². The average Bonchev–Trinajstić information content (AvgIpc) is 2.50. The predicted octanol–water partition coefficient (Wildman–Crippen LogP) is 3.20. The fourth-order valence-electron chi connectivity index (χ4n) is 2.42. The van der Waals surface area contributed by atoms with Crippen LogP contribution < -0.4 is 4.72 Å². The molecule has 0 unspecified atom stereocenters. The van der Waals surface area contributed by atoms with Gasteiger partial charge in [0.05, 0.1) is 23.3 Å². The van der Waals surface area contributed by atoms with Crippen molar-refractivity contribution in [1.82, 2.24) is 0 Å². The SMILES string of the molecule is COC(=O)c1ccc(S(=O)(=O)Nc2c(C)cc(C)cc2C)cc1. The fraction of sp³-hybridized carbons (Fsp3) is 0.235. The van der Waals surface area contributed by atoms with Gasteiger partial charge in [0.25, 0.3) is 10.0 Å². The Kier molecular flexibility index (Phi) is 4.75. The Balaban J connectivity index is 2.34. The Morgan fingerprint density at radius 1 is 1.00 bits per heavy atom. The summed E-state index contributed by atoms with van der Waals surface area (Å²) >= 11 is 0.